The predicted molar refractivity (Wildman–Crippen MR) is 97.0 cm³/mol. The molecule has 0 bridgehead atoms. The molecule has 0 amide bonds. The lowest BCUT2D eigenvalue weighted by atomic mass is 9.85. The van der Waals surface area contributed by atoms with Crippen molar-refractivity contribution in [3.05, 3.63) is 47.5 Å². The van der Waals surface area contributed by atoms with Gasteiger partial charge in [-0.05, 0) is 41.7 Å². The van der Waals surface area contributed by atoms with E-state index in [4.69, 9.17) is 5.84 Å². The van der Waals surface area contributed by atoms with Crippen molar-refractivity contribution < 1.29 is 0 Å². The fraction of sp³-hybridized carbons (Fsp3) is 0.368. The van der Waals surface area contributed by atoms with Gasteiger partial charge in [0, 0.05) is 17.8 Å². The molecule has 2 aromatic rings. The van der Waals surface area contributed by atoms with Crippen LogP contribution in [-0.2, 0) is 5.41 Å². The molecule has 0 fully saturated rings. The van der Waals surface area contributed by atoms with E-state index in [-0.39, 0.29) is 11.5 Å². The summed E-state index contributed by atoms with van der Waals surface area (Å²) in [6, 6.07) is 13.1. The molecule has 0 unspecified atom stereocenters. The number of aliphatic imine (C=N–C) groups is 1. The van der Waals surface area contributed by atoms with Crippen LogP contribution in [0.15, 0.2) is 46.5 Å². The van der Waals surface area contributed by atoms with Crippen LogP contribution in [0, 0.1) is 0 Å². The highest BCUT2D eigenvalue weighted by Gasteiger charge is 2.14. The molecule has 0 saturated heterocycles. The van der Waals surface area contributed by atoms with Crippen LogP contribution in [0.2, 0.25) is 0 Å². The van der Waals surface area contributed by atoms with Crippen molar-refractivity contribution in [1.82, 2.24) is 0 Å². The summed E-state index contributed by atoms with van der Waals surface area (Å²) in [4.78, 5) is 4.37. The van der Waals surface area contributed by atoms with Crippen LogP contribution in [0.5, 0.6) is 0 Å². The van der Waals surface area contributed by atoms with Crippen molar-refractivity contribution in [3.8, 4) is 0 Å². The van der Waals surface area contributed by atoms with Gasteiger partial charge in [0.15, 0.2) is 0 Å². The van der Waals surface area contributed by atoms with Gasteiger partial charge < -0.3 is 5.84 Å². The third-order valence-corrected chi connectivity index (χ3v) is 3.64. The van der Waals surface area contributed by atoms with Gasteiger partial charge in [0.2, 0.25) is 0 Å². The molecular weight excluding hydrogens is 270 g/mol. The average Bonchev–Trinajstić information content (AvgIpc) is 2.46. The normalized spacial score (nSPS) is 13.5. The molecule has 116 valence electrons. The third-order valence-electron chi connectivity index (χ3n) is 3.64. The van der Waals surface area contributed by atoms with E-state index in [0.717, 1.165) is 5.56 Å². The molecule has 0 aliphatic heterocycles. The number of rotatable bonds is 3. The maximum Gasteiger partial charge on any atom is 0.108 e. The molecule has 0 aliphatic carbocycles. The van der Waals surface area contributed by atoms with Crippen LogP contribution >= 0.6 is 0 Å². The Kier molecular flexibility index (Phi) is 4.65. The summed E-state index contributed by atoms with van der Waals surface area (Å²) >= 11 is 0. The first kappa shape index (κ1) is 16.2. The van der Waals surface area contributed by atoms with Crippen LogP contribution < -0.4 is 5.84 Å². The number of nitrogens with zero attached hydrogens (tertiary/aromatic N) is 2. The average molecular weight is 295 g/mol. The van der Waals surface area contributed by atoms with Gasteiger partial charge in [-0.1, -0.05) is 51.1 Å². The van der Waals surface area contributed by atoms with Gasteiger partial charge in [0.1, 0.15) is 5.71 Å². The van der Waals surface area contributed by atoms with Crippen molar-refractivity contribution in [3.63, 3.8) is 0 Å². The van der Waals surface area contributed by atoms with Crippen LogP contribution in [0.4, 0.5) is 0 Å². The van der Waals surface area contributed by atoms with Crippen molar-refractivity contribution in [1.29, 1.82) is 0 Å². The summed E-state index contributed by atoms with van der Waals surface area (Å²) < 4.78 is 0. The first-order valence-corrected chi connectivity index (χ1v) is 7.67. The predicted octanol–water partition coefficient (Wildman–Crippen LogP) is 4.28. The van der Waals surface area contributed by atoms with Gasteiger partial charge in [-0.15, -0.1) is 0 Å². The zero-order chi connectivity index (χ0) is 16.3. The lowest BCUT2D eigenvalue weighted by molar-refractivity contribution is 0.591. The van der Waals surface area contributed by atoms with Gasteiger partial charge in [-0.25, -0.2) is 0 Å². The Morgan fingerprint density at radius 1 is 1.05 bits per heavy atom. The van der Waals surface area contributed by atoms with Crippen molar-refractivity contribution >= 4 is 22.7 Å². The molecule has 0 aromatic heterocycles. The van der Waals surface area contributed by atoms with Gasteiger partial charge in [-0.3, -0.25) is 4.99 Å². The highest BCUT2D eigenvalue weighted by molar-refractivity contribution is 6.38. The molecule has 0 heterocycles. The van der Waals surface area contributed by atoms with E-state index in [1.165, 1.54) is 16.3 Å². The Bertz CT molecular complexity index is 719. The molecule has 22 heavy (non-hydrogen) atoms. The van der Waals surface area contributed by atoms with E-state index < -0.39 is 0 Å². The molecule has 0 atom stereocenters. The summed E-state index contributed by atoms with van der Waals surface area (Å²) in [5.41, 5.74) is 3.15. The Labute approximate surface area is 132 Å². The minimum atomic E-state index is 0.133. The van der Waals surface area contributed by atoms with Crippen molar-refractivity contribution in [2.45, 2.75) is 46.1 Å². The molecule has 0 saturated carbocycles. The van der Waals surface area contributed by atoms with Gasteiger partial charge >= 0.3 is 0 Å². The molecular formula is C19H25N3. The van der Waals surface area contributed by atoms with Crippen LogP contribution in [-0.4, -0.2) is 18.0 Å². The van der Waals surface area contributed by atoms with E-state index in [9.17, 15) is 0 Å². The zero-order valence-electron chi connectivity index (χ0n) is 14.1. The molecule has 3 nitrogen and oxygen atoms in total. The smallest absolute Gasteiger partial charge is 0.108 e. The number of fused-ring (bicyclic) bond motifs is 1. The van der Waals surface area contributed by atoms with Gasteiger partial charge in [-0.2, -0.15) is 5.10 Å². The molecule has 0 radical (unpaired) electrons. The third kappa shape index (κ3) is 3.73. The van der Waals surface area contributed by atoms with Gasteiger partial charge in [0.05, 0.1) is 0 Å². The second-order valence-corrected chi connectivity index (χ2v) is 6.91. The largest absolute Gasteiger partial charge is 0.323 e. The molecule has 3 heteroatoms. The van der Waals surface area contributed by atoms with E-state index in [0.29, 0.717) is 5.71 Å². The summed E-state index contributed by atoms with van der Waals surface area (Å²) in [6.07, 6.45) is 1.75. The number of hydrogen-bond acceptors (Lipinski definition) is 3. The van der Waals surface area contributed by atoms with E-state index >= 15 is 0 Å². The fourth-order valence-electron chi connectivity index (χ4n) is 2.27. The quantitative estimate of drug-likeness (QED) is 0.513. The van der Waals surface area contributed by atoms with Crippen LogP contribution in [0.25, 0.3) is 10.8 Å². The summed E-state index contributed by atoms with van der Waals surface area (Å²) in [7, 11) is 0. The van der Waals surface area contributed by atoms with E-state index in [2.05, 4.69) is 61.2 Å². The van der Waals surface area contributed by atoms with Crippen LogP contribution in [0.3, 0.4) is 0 Å². The molecule has 2 aromatic carbocycles. The van der Waals surface area contributed by atoms with E-state index in [1.807, 2.05) is 19.9 Å². The van der Waals surface area contributed by atoms with Gasteiger partial charge in [0.25, 0.3) is 0 Å². The maximum absolute atomic E-state index is 5.53. The summed E-state index contributed by atoms with van der Waals surface area (Å²) in [5, 5.41) is 6.29. The highest BCUT2D eigenvalue weighted by Crippen LogP contribution is 2.26. The Balaban J connectivity index is 2.48. The van der Waals surface area contributed by atoms with Crippen LogP contribution in [0.1, 0.15) is 45.7 Å². The van der Waals surface area contributed by atoms with E-state index in [1.54, 1.807) is 6.21 Å². The molecule has 2 N–H and O–H groups in total. The first-order chi connectivity index (χ1) is 10.3. The topological polar surface area (TPSA) is 50.7 Å². The zero-order valence-corrected chi connectivity index (χ0v) is 14.1. The highest BCUT2D eigenvalue weighted by atomic mass is 15.1. The minimum Gasteiger partial charge on any atom is -0.323 e. The number of hydrogen-bond donors (Lipinski definition) is 1. The monoisotopic (exact) mass is 295 g/mol. The molecule has 0 aliphatic rings. The Morgan fingerprint density at radius 3 is 2.32 bits per heavy atom. The van der Waals surface area contributed by atoms with Crippen molar-refractivity contribution in [2.75, 3.05) is 0 Å². The molecule has 0 spiro atoms. The van der Waals surface area contributed by atoms with Crippen molar-refractivity contribution in [2.24, 2.45) is 15.9 Å². The number of hydrazone groups is 1. The lowest BCUT2D eigenvalue weighted by Gasteiger charge is -2.19. The Morgan fingerprint density at radius 2 is 1.73 bits per heavy atom. The summed E-state index contributed by atoms with van der Waals surface area (Å²) in [6.45, 7) is 10.7. The lowest BCUT2D eigenvalue weighted by Crippen LogP contribution is -2.11. The first-order valence-electron chi connectivity index (χ1n) is 7.67. The number of nitrogens with two attached hydrogens (primary N) is 1. The fourth-order valence-corrected chi connectivity index (χ4v) is 2.27. The standard InChI is InChI=1S/C19H25N3/c1-13(2)21-12-18(22-20)15-7-6-14-8-9-17(19(3,4)5)11-16(14)10-15/h6-13H,20H2,1-5H3/b21-12?,22-18+. The second kappa shape index (κ2) is 6.30. The summed E-state index contributed by atoms with van der Waals surface area (Å²) in [5.74, 6) is 5.53. The SMILES string of the molecule is CC(C)N=C/C(=N\N)c1ccc2ccc(C(C)(C)C)cc2c1. The maximum atomic E-state index is 5.53. The molecule has 2 rings (SSSR count). The Hall–Kier alpha value is -2.16. The second-order valence-electron chi connectivity index (χ2n) is 6.91. The number of benzene rings is 2. The minimum absolute atomic E-state index is 0.133.